The molecule has 0 radical (unpaired) electrons. The number of ether oxygens (including phenoxy) is 1. The first-order chi connectivity index (χ1) is 10.2. The smallest absolute Gasteiger partial charge is 0.258 e. The topological polar surface area (TPSA) is 74.2 Å². The van der Waals surface area contributed by atoms with E-state index >= 15 is 0 Å². The molecule has 0 saturated heterocycles. The summed E-state index contributed by atoms with van der Waals surface area (Å²) in [6, 6.07) is 12.8. The predicted octanol–water partition coefficient (Wildman–Crippen LogP) is 3.04. The second-order valence-electron chi connectivity index (χ2n) is 4.38. The van der Waals surface area contributed by atoms with E-state index in [4.69, 9.17) is 15.0 Å². The van der Waals surface area contributed by atoms with Crippen molar-refractivity contribution in [3.05, 3.63) is 60.2 Å². The highest BCUT2D eigenvalue weighted by Crippen LogP contribution is 2.18. The molecule has 0 fully saturated rings. The lowest BCUT2D eigenvalue weighted by atomic mass is 10.2. The van der Waals surface area contributed by atoms with Gasteiger partial charge in [-0.05, 0) is 48.5 Å². The molecule has 21 heavy (non-hydrogen) atoms. The molecule has 0 aliphatic carbocycles. The molecule has 1 heterocycles. The van der Waals surface area contributed by atoms with Crippen LogP contribution in [0, 0.1) is 5.82 Å². The summed E-state index contributed by atoms with van der Waals surface area (Å²) in [5.41, 5.74) is 6.91. The Bertz CT molecular complexity index is 723. The molecule has 0 bridgehead atoms. The quantitative estimate of drug-likeness (QED) is 0.746. The van der Waals surface area contributed by atoms with Gasteiger partial charge in [0, 0.05) is 11.3 Å². The number of benzene rings is 2. The molecule has 0 unspecified atom stereocenters. The minimum Gasteiger partial charge on any atom is -0.485 e. The Morgan fingerprint density at radius 2 is 1.76 bits per heavy atom. The molecule has 0 amide bonds. The fourth-order valence-corrected chi connectivity index (χ4v) is 1.73. The maximum atomic E-state index is 12.8. The van der Waals surface area contributed by atoms with E-state index in [1.54, 1.807) is 36.4 Å². The highest BCUT2D eigenvalue weighted by Gasteiger charge is 2.09. The lowest BCUT2D eigenvalue weighted by molar-refractivity contribution is 0.287. The summed E-state index contributed by atoms with van der Waals surface area (Å²) >= 11 is 0. The van der Waals surface area contributed by atoms with Crippen LogP contribution in [0.5, 0.6) is 5.75 Å². The van der Waals surface area contributed by atoms with Gasteiger partial charge in [0.25, 0.3) is 5.89 Å². The minimum atomic E-state index is -0.315. The van der Waals surface area contributed by atoms with Gasteiger partial charge in [0.05, 0.1) is 0 Å². The van der Waals surface area contributed by atoms with E-state index in [9.17, 15) is 4.39 Å². The summed E-state index contributed by atoms with van der Waals surface area (Å²) in [5, 5.41) is 3.82. The van der Waals surface area contributed by atoms with Crippen LogP contribution in [0.2, 0.25) is 0 Å². The van der Waals surface area contributed by atoms with Crippen LogP contribution in [0.25, 0.3) is 11.5 Å². The highest BCUT2D eigenvalue weighted by atomic mass is 19.1. The van der Waals surface area contributed by atoms with Crippen LogP contribution in [0.1, 0.15) is 5.82 Å². The van der Waals surface area contributed by atoms with Crippen LogP contribution in [-0.2, 0) is 6.61 Å². The normalized spacial score (nSPS) is 10.5. The van der Waals surface area contributed by atoms with Crippen LogP contribution in [0.15, 0.2) is 53.1 Å². The summed E-state index contributed by atoms with van der Waals surface area (Å²) in [6.07, 6.45) is 0. The number of nitrogen functional groups attached to an aromatic ring is 1. The van der Waals surface area contributed by atoms with Gasteiger partial charge in [0.15, 0.2) is 6.61 Å². The van der Waals surface area contributed by atoms with Crippen LogP contribution < -0.4 is 10.5 Å². The third kappa shape index (κ3) is 3.17. The summed E-state index contributed by atoms with van der Waals surface area (Å²) in [6.45, 7) is 0.175. The van der Waals surface area contributed by atoms with Crippen LogP contribution in [0.4, 0.5) is 10.1 Å². The van der Waals surface area contributed by atoms with E-state index in [0.717, 1.165) is 0 Å². The summed E-state index contributed by atoms with van der Waals surface area (Å²) in [4.78, 5) is 4.19. The zero-order valence-corrected chi connectivity index (χ0v) is 11.0. The Kier molecular flexibility index (Phi) is 3.51. The van der Waals surface area contributed by atoms with Crippen molar-refractivity contribution in [3.8, 4) is 17.2 Å². The number of rotatable bonds is 4. The average Bonchev–Trinajstić information content (AvgIpc) is 2.96. The average molecular weight is 285 g/mol. The van der Waals surface area contributed by atoms with Crippen molar-refractivity contribution in [3.63, 3.8) is 0 Å². The lowest BCUT2D eigenvalue weighted by Gasteiger charge is -2.02. The zero-order chi connectivity index (χ0) is 14.7. The molecule has 5 nitrogen and oxygen atoms in total. The Labute approximate surface area is 120 Å². The van der Waals surface area contributed by atoms with Crippen molar-refractivity contribution < 1.29 is 13.7 Å². The number of hydrogen-bond donors (Lipinski definition) is 1. The predicted molar refractivity (Wildman–Crippen MR) is 74.9 cm³/mol. The molecule has 1 aromatic heterocycles. The standard InChI is InChI=1S/C15H12FN3O2/c16-11-3-1-10(2-4-11)15-18-14(19-21-15)9-20-13-7-5-12(17)6-8-13/h1-8H,9,17H2. The van der Waals surface area contributed by atoms with Gasteiger partial charge >= 0.3 is 0 Å². The van der Waals surface area contributed by atoms with Gasteiger partial charge in [0.2, 0.25) is 5.82 Å². The zero-order valence-electron chi connectivity index (χ0n) is 11.0. The molecule has 0 saturated carbocycles. The highest BCUT2D eigenvalue weighted by molar-refractivity contribution is 5.52. The maximum absolute atomic E-state index is 12.8. The summed E-state index contributed by atoms with van der Waals surface area (Å²) in [5.74, 6) is 1.08. The first-order valence-corrected chi connectivity index (χ1v) is 6.27. The number of halogens is 1. The SMILES string of the molecule is Nc1ccc(OCc2noc(-c3ccc(F)cc3)n2)cc1. The van der Waals surface area contributed by atoms with E-state index in [1.807, 2.05) is 0 Å². The molecule has 106 valence electrons. The Morgan fingerprint density at radius 3 is 2.48 bits per heavy atom. The number of nitrogens with two attached hydrogens (primary N) is 1. The van der Waals surface area contributed by atoms with Gasteiger partial charge in [-0.2, -0.15) is 4.98 Å². The molecular formula is C15H12FN3O2. The maximum Gasteiger partial charge on any atom is 0.258 e. The Balaban J connectivity index is 1.67. The summed E-state index contributed by atoms with van der Waals surface area (Å²) < 4.78 is 23.5. The molecule has 3 rings (SSSR count). The minimum absolute atomic E-state index is 0.175. The molecule has 2 aromatic carbocycles. The molecular weight excluding hydrogens is 273 g/mol. The summed E-state index contributed by atoms with van der Waals surface area (Å²) in [7, 11) is 0. The van der Waals surface area contributed by atoms with Crippen molar-refractivity contribution in [2.24, 2.45) is 0 Å². The van der Waals surface area contributed by atoms with E-state index < -0.39 is 0 Å². The third-order valence-electron chi connectivity index (χ3n) is 2.81. The molecule has 0 aliphatic rings. The number of aromatic nitrogens is 2. The largest absolute Gasteiger partial charge is 0.485 e. The van der Waals surface area contributed by atoms with E-state index in [-0.39, 0.29) is 12.4 Å². The van der Waals surface area contributed by atoms with Gasteiger partial charge in [-0.25, -0.2) is 4.39 Å². The van der Waals surface area contributed by atoms with Gasteiger partial charge in [0.1, 0.15) is 11.6 Å². The van der Waals surface area contributed by atoms with Crippen LogP contribution >= 0.6 is 0 Å². The van der Waals surface area contributed by atoms with E-state index in [0.29, 0.717) is 28.7 Å². The number of nitrogens with zero attached hydrogens (tertiary/aromatic N) is 2. The monoisotopic (exact) mass is 285 g/mol. The molecule has 0 spiro atoms. The van der Waals surface area contributed by atoms with Gasteiger partial charge in [-0.15, -0.1) is 0 Å². The van der Waals surface area contributed by atoms with Gasteiger partial charge in [-0.3, -0.25) is 0 Å². The fraction of sp³-hybridized carbons (Fsp3) is 0.0667. The molecule has 0 aliphatic heterocycles. The lowest BCUT2D eigenvalue weighted by Crippen LogP contribution is -1.97. The Hall–Kier alpha value is -2.89. The second kappa shape index (κ2) is 5.62. The molecule has 3 aromatic rings. The third-order valence-corrected chi connectivity index (χ3v) is 2.81. The van der Waals surface area contributed by atoms with Gasteiger partial charge < -0.3 is 15.0 Å². The van der Waals surface area contributed by atoms with Crippen molar-refractivity contribution in [1.29, 1.82) is 0 Å². The van der Waals surface area contributed by atoms with Crippen molar-refractivity contribution in [2.45, 2.75) is 6.61 Å². The molecule has 6 heteroatoms. The molecule has 2 N–H and O–H groups in total. The van der Waals surface area contributed by atoms with Gasteiger partial charge in [-0.1, -0.05) is 5.16 Å². The first kappa shape index (κ1) is 13.1. The van der Waals surface area contributed by atoms with Crippen molar-refractivity contribution >= 4 is 5.69 Å². The van der Waals surface area contributed by atoms with Crippen molar-refractivity contribution in [2.75, 3.05) is 5.73 Å². The number of hydrogen-bond acceptors (Lipinski definition) is 5. The van der Waals surface area contributed by atoms with E-state index in [2.05, 4.69) is 10.1 Å². The fourth-order valence-electron chi connectivity index (χ4n) is 1.73. The first-order valence-electron chi connectivity index (χ1n) is 6.27. The second-order valence-corrected chi connectivity index (χ2v) is 4.38. The molecule has 0 atom stereocenters. The Morgan fingerprint density at radius 1 is 1.05 bits per heavy atom. The number of anilines is 1. The van der Waals surface area contributed by atoms with Crippen LogP contribution in [0.3, 0.4) is 0 Å². The van der Waals surface area contributed by atoms with Crippen LogP contribution in [-0.4, -0.2) is 10.1 Å². The van der Waals surface area contributed by atoms with Crippen molar-refractivity contribution in [1.82, 2.24) is 10.1 Å². The van der Waals surface area contributed by atoms with E-state index in [1.165, 1.54) is 12.1 Å².